The predicted molar refractivity (Wildman–Crippen MR) is 110 cm³/mol. The maximum atomic E-state index is 14.3. The van der Waals surface area contributed by atoms with Gasteiger partial charge in [0.1, 0.15) is 6.17 Å². The minimum Gasteiger partial charge on any atom is -0.352 e. The van der Waals surface area contributed by atoms with Gasteiger partial charge in [-0.05, 0) is 57.8 Å². The van der Waals surface area contributed by atoms with Crippen molar-refractivity contribution in [3.63, 3.8) is 0 Å². The molecule has 0 bridgehead atoms. The van der Waals surface area contributed by atoms with E-state index in [-0.39, 0.29) is 35.9 Å². The number of hydrogen-bond donors (Lipinski definition) is 2. The van der Waals surface area contributed by atoms with Crippen molar-refractivity contribution in [1.82, 2.24) is 20.4 Å². The van der Waals surface area contributed by atoms with Crippen LogP contribution >= 0.6 is 0 Å². The zero-order chi connectivity index (χ0) is 20.5. The topological polar surface area (TPSA) is 64.7 Å². The van der Waals surface area contributed by atoms with Gasteiger partial charge in [0.15, 0.2) is 0 Å². The van der Waals surface area contributed by atoms with Gasteiger partial charge in [-0.1, -0.05) is 6.92 Å². The number of hydrogen-bond acceptors (Lipinski definition) is 4. The van der Waals surface area contributed by atoms with Gasteiger partial charge in [-0.15, -0.1) is 0 Å². The molecule has 29 heavy (non-hydrogen) atoms. The lowest BCUT2D eigenvalue weighted by Crippen LogP contribution is -2.56. The van der Waals surface area contributed by atoms with Gasteiger partial charge in [0.25, 0.3) is 0 Å². The summed E-state index contributed by atoms with van der Waals surface area (Å²) in [5, 5.41) is 6.70. The van der Waals surface area contributed by atoms with Gasteiger partial charge < -0.3 is 15.5 Å². The number of nitrogens with zero attached hydrogens (tertiary/aromatic N) is 2. The maximum absolute atomic E-state index is 14.3. The molecule has 2 aliphatic heterocycles. The Hall–Kier alpha value is -1.21. The first-order chi connectivity index (χ1) is 14.0. The molecule has 2 saturated carbocycles. The Kier molecular flexibility index (Phi) is 6.44. The van der Waals surface area contributed by atoms with Crippen molar-refractivity contribution in [2.45, 2.75) is 89.1 Å². The van der Waals surface area contributed by atoms with Crippen molar-refractivity contribution in [2.24, 2.45) is 11.8 Å². The third-order valence-electron chi connectivity index (χ3n) is 7.89. The number of fused-ring (bicyclic) bond motifs is 1. The van der Waals surface area contributed by atoms with Crippen molar-refractivity contribution in [3.05, 3.63) is 0 Å². The third-order valence-corrected chi connectivity index (χ3v) is 7.89. The lowest BCUT2D eigenvalue weighted by atomic mass is 9.77. The van der Waals surface area contributed by atoms with Gasteiger partial charge in [0.2, 0.25) is 11.8 Å². The fraction of sp³-hybridized carbons (Fsp3) is 0.909. The molecule has 2 amide bonds. The highest BCUT2D eigenvalue weighted by atomic mass is 19.1. The zero-order valence-electron chi connectivity index (χ0n) is 17.9. The van der Waals surface area contributed by atoms with Crippen LogP contribution in [0.3, 0.4) is 0 Å². The highest BCUT2D eigenvalue weighted by Crippen LogP contribution is 2.38. The van der Waals surface area contributed by atoms with Gasteiger partial charge in [0.05, 0.1) is 12.6 Å². The second kappa shape index (κ2) is 8.88. The molecule has 7 heteroatoms. The smallest absolute Gasteiger partial charge is 0.237 e. The molecule has 0 radical (unpaired) electrons. The molecule has 7 unspecified atom stereocenters. The van der Waals surface area contributed by atoms with Crippen LogP contribution in [0.25, 0.3) is 0 Å². The minimum atomic E-state index is -0.778. The summed E-state index contributed by atoms with van der Waals surface area (Å²) in [5.74, 6) is 0.673. The number of nitrogens with one attached hydrogen (secondary N) is 2. The molecule has 0 aromatic rings. The fourth-order valence-electron chi connectivity index (χ4n) is 6.10. The van der Waals surface area contributed by atoms with Crippen molar-refractivity contribution in [3.8, 4) is 0 Å². The second-order valence-corrected chi connectivity index (χ2v) is 9.69. The summed E-state index contributed by atoms with van der Waals surface area (Å²) in [6.45, 7) is 7.21. The highest BCUT2D eigenvalue weighted by Gasteiger charge is 2.46. The minimum absolute atomic E-state index is 0.0190. The normalized spacial score (nSPS) is 41.3. The first-order valence-corrected chi connectivity index (χ1v) is 11.7. The van der Waals surface area contributed by atoms with Crippen molar-refractivity contribution >= 4 is 11.8 Å². The van der Waals surface area contributed by atoms with E-state index in [1.807, 2.05) is 11.8 Å². The average Bonchev–Trinajstić information content (AvgIpc) is 3.18. The van der Waals surface area contributed by atoms with Gasteiger partial charge in [-0.2, -0.15) is 0 Å². The van der Waals surface area contributed by atoms with Crippen LogP contribution in [0.1, 0.15) is 58.8 Å². The van der Waals surface area contributed by atoms with E-state index >= 15 is 0 Å². The quantitative estimate of drug-likeness (QED) is 0.743. The number of carbonyl (C=O) groups is 2. The second-order valence-electron chi connectivity index (χ2n) is 9.69. The molecule has 0 aromatic heterocycles. The molecule has 2 heterocycles. The molecular formula is C22H37FN4O2. The number of likely N-dealkylation sites (N-methyl/N-ethyl adjacent to an activating group) is 1. The van der Waals surface area contributed by atoms with Crippen LogP contribution in [-0.4, -0.2) is 78.1 Å². The third kappa shape index (κ3) is 4.46. The maximum Gasteiger partial charge on any atom is 0.237 e. The van der Waals surface area contributed by atoms with Crippen molar-refractivity contribution < 1.29 is 14.0 Å². The molecule has 164 valence electrons. The summed E-state index contributed by atoms with van der Waals surface area (Å²) in [4.78, 5) is 29.4. The molecule has 2 saturated heterocycles. The van der Waals surface area contributed by atoms with E-state index in [0.29, 0.717) is 31.3 Å². The van der Waals surface area contributed by atoms with E-state index in [2.05, 4.69) is 22.5 Å². The number of carbonyl (C=O) groups excluding carboxylic acids is 2. The van der Waals surface area contributed by atoms with Gasteiger partial charge in [-0.25, -0.2) is 4.39 Å². The lowest BCUT2D eigenvalue weighted by molar-refractivity contribution is -0.137. The molecule has 2 N–H and O–H groups in total. The molecule has 0 spiro atoms. The van der Waals surface area contributed by atoms with Crippen LogP contribution in [0.2, 0.25) is 0 Å². The largest absolute Gasteiger partial charge is 0.352 e. The summed E-state index contributed by atoms with van der Waals surface area (Å²) >= 11 is 0. The standard InChI is InChI=1S/C22H37FN4O2/c1-3-26-9-10-27(13-20(26)28)16-6-4-5-15(11-16)24-22(29)19-12-17-18(23)8-7-14(2)21(17)25-19/h14-19,21,25H,3-13H2,1-2H3,(H,24,29). The first-order valence-electron chi connectivity index (χ1n) is 11.7. The number of alkyl halides is 1. The van der Waals surface area contributed by atoms with E-state index in [0.717, 1.165) is 51.7 Å². The van der Waals surface area contributed by atoms with Crippen molar-refractivity contribution in [2.75, 3.05) is 26.2 Å². The Balaban J connectivity index is 1.29. The molecule has 0 aromatic carbocycles. The molecule has 6 nitrogen and oxygen atoms in total. The van der Waals surface area contributed by atoms with Crippen LogP contribution in [0, 0.1) is 11.8 Å². The van der Waals surface area contributed by atoms with Crippen LogP contribution in [0.4, 0.5) is 4.39 Å². The molecule has 4 rings (SSSR count). The molecule has 4 fully saturated rings. The Morgan fingerprint density at radius 2 is 2.03 bits per heavy atom. The van der Waals surface area contributed by atoms with E-state index in [1.54, 1.807) is 0 Å². The van der Waals surface area contributed by atoms with E-state index in [9.17, 15) is 14.0 Å². The van der Waals surface area contributed by atoms with Crippen LogP contribution in [-0.2, 0) is 9.59 Å². The van der Waals surface area contributed by atoms with Gasteiger partial charge >= 0.3 is 0 Å². The summed E-state index contributed by atoms with van der Waals surface area (Å²) in [7, 11) is 0. The number of halogens is 1. The van der Waals surface area contributed by atoms with Crippen LogP contribution in [0.15, 0.2) is 0 Å². The Bertz CT molecular complexity index is 600. The predicted octanol–water partition coefficient (Wildman–Crippen LogP) is 1.69. The average molecular weight is 409 g/mol. The number of amides is 2. The molecule has 2 aliphatic carbocycles. The Labute approximate surface area is 173 Å². The highest BCUT2D eigenvalue weighted by molar-refractivity contribution is 5.82. The summed E-state index contributed by atoms with van der Waals surface area (Å²) < 4.78 is 14.3. The van der Waals surface area contributed by atoms with E-state index in [4.69, 9.17) is 0 Å². The van der Waals surface area contributed by atoms with Crippen molar-refractivity contribution in [1.29, 1.82) is 0 Å². The van der Waals surface area contributed by atoms with E-state index in [1.165, 1.54) is 0 Å². The zero-order valence-corrected chi connectivity index (χ0v) is 17.9. The number of rotatable bonds is 4. The summed E-state index contributed by atoms with van der Waals surface area (Å²) in [6.07, 6.45) is 5.44. The number of piperazine rings is 1. The molecule has 4 aliphatic rings. The SMILES string of the molecule is CCN1CCN(C2CCCC(NC(=O)C3CC4C(F)CCC(C)C4N3)C2)CC1=O. The monoisotopic (exact) mass is 408 g/mol. The van der Waals surface area contributed by atoms with Gasteiger partial charge in [-0.3, -0.25) is 14.5 Å². The molecule has 7 atom stereocenters. The summed E-state index contributed by atoms with van der Waals surface area (Å²) in [5.41, 5.74) is 0. The van der Waals surface area contributed by atoms with E-state index < -0.39 is 6.17 Å². The van der Waals surface area contributed by atoms with Crippen LogP contribution < -0.4 is 10.6 Å². The van der Waals surface area contributed by atoms with Crippen LogP contribution in [0.5, 0.6) is 0 Å². The Morgan fingerprint density at radius 1 is 1.21 bits per heavy atom. The summed E-state index contributed by atoms with van der Waals surface area (Å²) in [6, 6.07) is 0.392. The van der Waals surface area contributed by atoms with Gasteiger partial charge in [0, 0.05) is 43.7 Å². The molecular weight excluding hydrogens is 371 g/mol. The first kappa shape index (κ1) is 21.0. The Morgan fingerprint density at radius 3 is 2.76 bits per heavy atom. The lowest BCUT2D eigenvalue weighted by Gasteiger charge is -2.42. The fourth-order valence-corrected chi connectivity index (χ4v) is 6.10.